The summed E-state index contributed by atoms with van der Waals surface area (Å²) in [6.45, 7) is 5.82. The Morgan fingerprint density at radius 2 is 1.71 bits per heavy atom. The summed E-state index contributed by atoms with van der Waals surface area (Å²) in [7, 11) is 1.60. The molecule has 0 aliphatic heterocycles. The molecule has 0 saturated carbocycles. The van der Waals surface area contributed by atoms with Gasteiger partial charge in [-0.05, 0) is 44.0 Å². The number of anilines is 1. The van der Waals surface area contributed by atoms with Crippen LogP contribution in [0.2, 0.25) is 0 Å². The van der Waals surface area contributed by atoms with Crippen molar-refractivity contribution >= 4 is 5.82 Å². The van der Waals surface area contributed by atoms with Gasteiger partial charge < -0.3 is 15.2 Å². The van der Waals surface area contributed by atoms with Crippen molar-refractivity contribution in [3.8, 4) is 39.8 Å². The smallest absolute Gasteiger partial charge is 0.161 e. The molecule has 0 atom stereocenters. The number of hydrogen-bond donors (Lipinski definition) is 1. The van der Waals surface area contributed by atoms with Gasteiger partial charge in [-0.15, -0.1) is 0 Å². The van der Waals surface area contributed by atoms with Gasteiger partial charge in [0, 0.05) is 16.8 Å². The van der Waals surface area contributed by atoms with Gasteiger partial charge in [-0.25, -0.2) is 4.98 Å². The van der Waals surface area contributed by atoms with Gasteiger partial charge in [-0.3, -0.25) is 0 Å². The molecule has 2 aromatic carbocycles. The molecule has 0 bridgehead atoms. The zero-order chi connectivity index (χ0) is 20.3. The molecule has 0 aliphatic rings. The topological polar surface area (TPSA) is 81.2 Å². The average molecular weight is 373 g/mol. The molecular weight excluding hydrogens is 350 g/mol. The van der Waals surface area contributed by atoms with E-state index in [0.29, 0.717) is 17.1 Å². The zero-order valence-electron chi connectivity index (χ0n) is 16.5. The molecule has 5 heteroatoms. The van der Waals surface area contributed by atoms with Gasteiger partial charge in [-0.1, -0.05) is 36.4 Å². The Bertz CT molecular complexity index is 1040. The molecule has 0 radical (unpaired) electrons. The molecule has 1 heterocycles. The Hall–Kier alpha value is -3.52. The maximum Gasteiger partial charge on any atom is 0.161 e. The quantitative estimate of drug-likeness (QED) is 0.682. The van der Waals surface area contributed by atoms with Crippen LogP contribution in [0.1, 0.15) is 25.1 Å². The highest BCUT2D eigenvalue weighted by molar-refractivity contribution is 5.91. The largest absolute Gasteiger partial charge is 0.493 e. The van der Waals surface area contributed by atoms with E-state index in [0.717, 1.165) is 27.9 Å². The molecule has 0 amide bonds. The number of aromatic nitrogens is 1. The minimum absolute atomic E-state index is 0.0214. The number of methoxy groups -OCH3 is 1. The van der Waals surface area contributed by atoms with Gasteiger partial charge in [0.15, 0.2) is 11.5 Å². The first-order valence-electron chi connectivity index (χ1n) is 9.07. The van der Waals surface area contributed by atoms with Crippen LogP contribution in [0.3, 0.4) is 0 Å². The van der Waals surface area contributed by atoms with Crippen LogP contribution in [-0.4, -0.2) is 18.2 Å². The van der Waals surface area contributed by atoms with Gasteiger partial charge in [0.05, 0.1) is 13.2 Å². The van der Waals surface area contributed by atoms with E-state index in [1.54, 1.807) is 7.11 Å². The number of pyridine rings is 1. The first kappa shape index (κ1) is 19.2. The third-order valence-electron chi connectivity index (χ3n) is 4.40. The second-order valence-corrected chi connectivity index (χ2v) is 6.72. The normalized spacial score (nSPS) is 10.6. The van der Waals surface area contributed by atoms with Crippen molar-refractivity contribution in [1.82, 2.24) is 4.98 Å². The van der Waals surface area contributed by atoms with Gasteiger partial charge in [0.1, 0.15) is 17.5 Å². The van der Waals surface area contributed by atoms with Gasteiger partial charge in [0.25, 0.3) is 0 Å². The predicted molar refractivity (Wildman–Crippen MR) is 111 cm³/mol. The molecule has 28 heavy (non-hydrogen) atoms. The van der Waals surface area contributed by atoms with E-state index in [9.17, 15) is 5.26 Å². The van der Waals surface area contributed by atoms with Crippen LogP contribution >= 0.6 is 0 Å². The van der Waals surface area contributed by atoms with E-state index in [1.807, 2.05) is 69.3 Å². The number of rotatable bonds is 5. The van der Waals surface area contributed by atoms with Crippen LogP contribution in [0.5, 0.6) is 11.5 Å². The molecule has 0 unspecified atom stereocenters. The predicted octanol–water partition coefficient (Wildman–Crippen LogP) is 4.97. The van der Waals surface area contributed by atoms with Crippen LogP contribution in [0.15, 0.2) is 48.5 Å². The van der Waals surface area contributed by atoms with Crippen molar-refractivity contribution in [3.63, 3.8) is 0 Å². The monoisotopic (exact) mass is 373 g/mol. The van der Waals surface area contributed by atoms with E-state index >= 15 is 0 Å². The fraction of sp³-hybridized carbons (Fsp3) is 0.217. The fourth-order valence-electron chi connectivity index (χ4n) is 3.26. The van der Waals surface area contributed by atoms with Crippen LogP contribution in [-0.2, 0) is 0 Å². The summed E-state index contributed by atoms with van der Waals surface area (Å²) in [5.41, 5.74) is 10.6. The minimum Gasteiger partial charge on any atom is -0.493 e. The maximum absolute atomic E-state index is 9.80. The third-order valence-corrected chi connectivity index (χ3v) is 4.40. The Morgan fingerprint density at radius 3 is 2.32 bits per heavy atom. The van der Waals surface area contributed by atoms with Crippen molar-refractivity contribution in [2.75, 3.05) is 12.8 Å². The second kappa shape index (κ2) is 8.01. The van der Waals surface area contributed by atoms with E-state index in [4.69, 9.17) is 15.2 Å². The van der Waals surface area contributed by atoms with Crippen molar-refractivity contribution < 1.29 is 9.47 Å². The Morgan fingerprint density at radius 1 is 1.00 bits per heavy atom. The average Bonchev–Trinajstić information content (AvgIpc) is 2.68. The van der Waals surface area contributed by atoms with E-state index in [-0.39, 0.29) is 11.9 Å². The van der Waals surface area contributed by atoms with Gasteiger partial charge in [0.2, 0.25) is 0 Å². The minimum atomic E-state index is 0.0214. The third kappa shape index (κ3) is 3.63. The van der Waals surface area contributed by atoms with Crippen molar-refractivity contribution in [3.05, 3.63) is 59.8 Å². The molecule has 142 valence electrons. The number of nitrogen functional groups attached to an aromatic ring is 1. The lowest BCUT2D eigenvalue weighted by Gasteiger charge is -2.18. The van der Waals surface area contributed by atoms with Crippen LogP contribution < -0.4 is 15.2 Å². The fourth-order valence-corrected chi connectivity index (χ4v) is 3.26. The van der Waals surface area contributed by atoms with E-state index in [1.165, 1.54) is 0 Å². The summed E-state index contributed by atoms with van der Waals surface area (Å²) >= 11 is 0. The van der Waals surface area contributed by atoms with Gasteiger partial charge >= 0.3 is 0 Å². The highest BCUT2D eigenvalue weighted by Crippen LogP contribution is 2.41. The number of benzene rings is 2. The lowest BCUT2D eigenvalue weighted by atomic mass is 9.90. The molecule has 0 aliphatic carbocycles. The highest BCUT2D eigenvalue weighted by Gasteiger charge is 2.21. The molecule has 3 aromatic rings. The van der Waals surface area contributed by atoms with E-state index in [2.05, 4.69) is 11.1 Å². The molecule has 0 spiro atoms. The Kier molecular flexibility index (Phi) is 5.51. The first-order valence-corrected chi connectivity index (χ1v) is 9.07. The second-order valence-electron chi connectivity index (χ2n) is 6.72. The summed E-state index contributed by atoms with van der Waals surface area (Å²) in [5.74, 6) is 1.47. The first-order chi connectivity index (χ1) is 13.5. The number of nitrogens with zero attached hydrogens (tertiary/aromatic N) is 2. The van der Waals surface area contributed by atoms with Crippen molar-refractivity contribution in [1.29, 1.82) is 5.26 Å². The lowest BCUT2D eigenvalue weighted by molar-refractivity contribution is 0.230. The van der Waals surface area contributed by atoms with Crippen LogP contribution in [0, 0.1) is 18.3 Å². The Labute approximate surface area is 165 Å². The van der Waals surface area contributed by atoms with Crippen LogP contribution in [0.25, 0.3) is 22.3 Å². The summed E-state index contributed by atoms with van der Waals surface area (Å²) in [6, 6.07) is 17.7. The summed E-state index contributed by atoms with van der Waals surface area (Å²) in [5, 5.41) is 9.80. The summed E-state index contributed by atoms with van der Waals surface area (Å²) < 4.78 is 11.4. The summed E-state index contributed by atoms with van der Waals surface area (Å²) in [4.78, 5) is 4.41. The maximum atomic E-state index is 9.80. The zero-order valence-corrected chi connectivity index (χ0v) is 16.5. The lowest BCUT2D eigenvalue weighted by Crippen LogP contribution is -2.07. The SMILES string of the molecule is COc1cc(-c2c(C#N)c(N)nc(C)c2-c2ccccc2)ccc1OC(C)C. The van der Waals surface area contributed by atoms with Crippen molar-refractivity contribution in [2.45, 2.75) is 26.9 Å². The number of ether oxygens (including phenoxy) is 2. The number of aryl methyl sites for hydroxylation is 1. The molecule has 0 saturated heterocycles. The molecule has 0 fully saturated rings. The highest BCUT2D eigenvalue weighted by atomic mass is 16.5. The molecule has 5 nitrogen and oxygen atoms in total. The van der Waals surface area contributed by atoms with Crippen molar-refractivity contribution in [2.24, 2.45) is 0 Å². The standard InChI is InChI=1S/C23H23N3O2/c1-14(2)28-19-11-10-17(12-20(19)27-4)22-18(13-24)23(25)26-15(3)21(22)16-8-6-5-7-9-16/h5-12,14H,1-4H3,(H2,25,26). The van der Waals surface area contributed by atoms with Crippen LogP contribution in [0.4, 0.5) is 5.82 Å². The Balaban J connectivity index is 2.31. The number of hydrogen-bond acceptors (Lipinski definition) is 5. The summed E-state index contributed by atoms with van der Waals surface area (Å²) in [6.07, 6.45) is 0.0214. The molecule has 3 rings (SSSR count). The molecular formula is C23H23N3O2. The number of nitriles is 1. The van der Waals surface area contributed by atoms with Gasteiger partial charge in [-0.2, -0.15) is 5.26 Å². The molecule has 1 aromatic heterocycles. The molecule has 2 N–H and O–H groups in total. The number of nitrogens with two attached hydrogens (primary N) is 1. The van der Waals surface area contributed by atoms with E-state index < -0.39 is 0 Å².